The van der Waals surface area contributed by atoms with Crippen molar-refractivity contribution in [1.29, 1.82) is 5.26 Å². The summed E-state index contributed by atoms with van der Waals surface area (Å²) in [6.45, 7) is 0. The van der Waals surface area contributed by atoms with E-state index in [1.165, 1.54) is 18.3 Å². The van der Waals surface area contributed by atoms with Crippen molar-refractivity contribution in [2.75, 3.05) is 5.32 Å². The summed E-state index contributed by atoms with van der Waals surface area (Å²) in [5.74, 6) is -1.18. The van der Waals surface area contributed by atoms with Gasteiger partial charge in [0, 0.05) is 0 Å². The van der Waals surface area contributed by atoms with E-state index >= 15 is 0 Å². The molecular weight excluding hydrogens is 303 g/mol. The van der Waals surface area contributed by atoms with E-state index in [4.69, 9.17) is 5.26 Å². The lowest BCUT2D eigenvalue weighted by Crippen LogP contribution is -2.15. The highest BCUT2D eigenvalue weighted by molar-refractivity contribution is 9.10. The first-order valence-electron chi connectivity index (χ1n) is 4.82. The van der Waals surface area contributed by atoms with E-state index in [2.05, 4.69) is 31.4 Å². The number of aromatic amines is 1. The molecular formula is C11H6BrFN4O. The lowest BCUT2D eigenvalue weighted by Gasteiger charge is -2.05. The molecule has 2 rings (SSSR count). The fourth-order valence-electron chi connectivity index (χ4n) is 1.33. The molecule has 0 saturated carbocycles. The molecule has 7 heteroatoms. The summed E-state index contributed by atoms with van der Waals surface area (Å²) in [5, 5.41) is 17.2. The second-order valence-corrected chi connectivity index (χ2v) is 4.18. The molecule has 90 valence electrons. The lowest BCUT2D eigenvalue weighted by molar-refractivity contribution is 0.102. The Morgan fingerprint density at radius 2 is 2.33 bits per heavy atom. The van der Waals surface area contributed by atoms with Crippen LogP contribution in [0.2, 0.25) is 0 Å². The molecule has 0 fully saturated rings. The second-order valence-electron chi connectivity index (χ2n) is 3.33. The number of rotatable bonds is 2. The number of hydrogen-bond donors (Lipinski definition) is 2. The number of benzene rings is 1. The van der Waals surface area contributed by atoms with E-state index in [0.29, 0.717) is 0 Å². The monoisotopic (exact) mass is 308 g/mol. The van der Waals surface area contributed by atoms with Crippen LogP contribution in [0.5, 0.6) is 0 Å². The van der Waals surface area contributed by atoms with Gasteiger partial charge in [-0.2, -0.15) is 10.4 Å². The molecule has 1 aromatic heterocycles. The zero-order chi connectivity index (χ0) is 13.1. The van der Waals surface area contributed by atoms with Gasteiger partial charge in [-0.15, -0.1) is 0 Å². The van der Waals surface area contributed by atoms with Crippen LogP contribution in [0.25, 0.3) is 0 Å². The van der Waals surface area contributed by atoms with Crippen LogP contribution in [-0.4, -0.2) is 16.1 Å². The predicted octanol–water partition coefficient (Wildman–Crippen LogP) is 2.44. The molecule has 0 radical (unpaired) electrons. The molecule has 0 spiro atoms. The SMILES string of the molecule is N#Cc1cn[nH]c1NC(=O)c1cccc(Br)c1F. The number of nitrogens with one attached hydrogen (secondary N) is 2. The van der Waals surface area contributed by atoms with Crippen molar-refractivity contribution >= 4 is 27.7 Å². The van der Waals surface area contributed by atoms with Gasteiger partial charge in [-0.1, -0.05) is 6.07 Å². The number of halogens is 2. The summed E-state index contributed by atoms with van der Waals surface area (Å²) in [6, 6.07) is 6.22. The smallest absolute Gasteiger partial charge is 0.259 e. The summed E-state index contributed by atoms with van der Waals surface area (Å²) in [7, 11) is 0. The maximum Gasteiger partial charge on any atom is 0.259 e. The minimum atomic E-state index is -0.659. The van der Waals surface area contributed by atoms with Gasteiger partial charge in [0.15, 0.2) is 0 Å². The first-order chi connectivity index (χ1) is 8.63. The van der Waals surface area contributed by atoms with Crippen molar-refractivity contribution < 1.29 is 9.18 Å². The summed E-state index contributed by atoms with van der Waals surface area (Å²) < 4.78 is 13.9. The predicted molar refractivity (Wildman–Crippen MR) is 65.4 cm³/mol. The quantitative estimate of drug-likeness (QED) is 0.894. The van der Waals surface area contributed by atoms with Crippen LogP contribution in [0.4, 0.5) is 10.2 Å². The molecule has 18 heavy (non-hydrogen) atoms. The Hall–Kier alpha value is -2.20. The molecule has 0 aliphatic heterocycles. The van der Waals surface area contributed by atoms with Crippen LogP contribution in [0.15, 0.2) is 28.9 Å². The third-order valence-corrected chi connectivity index (χ3v) is 2.81. The van der Waals surface area contributed by atoms with Crippen molar-refractivity contribution in [3.05, 3.63) is 45.8 Å². The Kier molecular flexibility index (Phi) is 3.39. The number of H-pyrrole nitrogens is 1. The van der Waals surface area contributed by atoms with E-state index in [9.17, 15) is 9.18 Å². The van der Waals surface area contributed by atoms with Gasteiger partial charge in [0.1, 0.15) is 23.3 Å². The molecule has 1 heterocycles. The van der Waals surface area contributed by atoms with Crippen molar-refractivity contribution in [2.24, 2.45) is 0 Å². The van der Waals surface area contributed by atoms with Gasteiger partial charge in [0.05, 0.1) is 16.2 Å². The fraction of sp³-hybridized carbons (Fsp3) is 0. The van der Waals surface area contributed by atoms with E-state index in [1.807, 2.05) is 6.07 Å². The van der Waals surface area contributed by atoms with Gasteiger partial charge in [-0.05, 0) is 28.1 Å². The van der Waals surface area contributed by atoms with Crippen LogP contribution in [0.3, 0.4) is 0 Å². The number of carbonyl (C=O) groups is 1. The number of anilines is 1. The molecule has 0 aliphatic carbocycles. The van der Waals surface area contributed by atoms with E-state index in [0.717, 1.165) is 0 Å². The van der Waals surface area contributed by atoms with Crippen LogP contribution < -0.4 is 5.32 Å². The summed E-state index contributed by atoms with van der Waals surface area (Å²) in [5.41, 5.74) is 0.0571. The van der Waals surface area contributed by atoms with E-state index in [1.54, 1.807) is 6.07 Å². The first kappa shape index (κ1) is 12.3. The third-order valence-electron chi connectivity index (χ3n) is 2.19. The largest absolute Gasteiger partial charge is 0.306 e. The van der Waals surface area contributed by atoms with Crippen molar-refractivity contribution in [3.8, 4) is 6.07 Å². The number of nitrogens with zero attached hydrogens (tertiary/aromatic N) is 2. The Labute approximate surface area is 110 Å². The fourth-order valence-corrected chi connectivity index (χ4v) is 1.69. The molecule has 0 aliphatic rings. The zero-order valence-electron chi connectivity index (χ0n) is 8.87. The molecule has 0 bridgehead atoms. The highest BCUT2D eigenvalue weighted by Gasteiger charge is 2.16. The van der Waals surface area contributed by atoms with Gasteiger partial charge in [0.2, 0.25) is 0 Å². The molecule has 5 nitrogen and oxygen atoms in total. The standard InChI is InChI=1S/C11H6BrFN4O/c12-8-3-1-2-7(9(8)13)11(18)16-10-6(4-14)5-15-17-10/h1-3,5H,(H2,15,16,17,18). The minimum absolute atomic E-state index is 0.122. The Morgan fingerprint density at radius 3 is 3.06 bits per heavy atom. The van der Waals surface area contributed by atoms with Gasteiger partial charge < -0.3 is 5.32 Å². The van der Waals surface area contributed by atoms with Crippen molar-refractivity contribution in [3.63, 3.8) is 0 Å². The number of nitriles is 1. The Bertz CT molecular complexity index is 647. The van der Waals surface area contributed by atoms with Crippen LogP contribution in [0, 0.1) is 17.1 Å². The summed E-state index contributed by atoms with van der Waals surface area (Å²) >= 11 is 2.99. The highest BCUT2D eigenvalue weighted by Crippen LogP contribution is 2.20. The number of carbonyl (C=O) groups excluding carboxylic acids is 1. The maximum absolute atomic E-state index is 13.7. The molecule has 2 aromatic rings. The van der Waals surface area contributed by atoms with Crippen LogP contribution in [0.1, 0.15) is 15.9 Å². The van der Waals surface area contributed by atoms with Gasteiger partial charge in [0.25, 0.3) is 5.91 Å². The Morgan fingerprint density at radius 1 is 1.56 bits per heavy atom. The molecule has 1 amide bonds. The minimum Gasteiger partial charge on any atom is -0.306 e. The molecule has 0 saturated heterocycles. The molecule has 0 atom stereocenters. The van der Waals surface area contributed by atoms with Gasteiger partial charge in [-0.3, -0.25) is 9.89 Å². The first-order valence-corrected chi connectivity index (χ1v) is 5.61. The summed E-state index contributed by atoms with van der Waals surface area (Å²) in [4.78, 5) is 11.8. The van der Waals surface area contributed by atoms with E-state index in [-0.39, 0.29) is 21.4 Å². The zero-order valence-corrected chi connectivity index (χ0v) is 10.5. The maximum atomic E-state index is 13.7. The van der Waals surface area contributed by atoms with E-state index < -0.39 is 11.7 Å². The number of aromatic nitrogens is 2. The average Bonchev–Trinajstić information content (AvgIpc) is 2.79. The average molecular weight is 309 g/mol. The molecule has 2 N–H and O–H groups in total. The molecule has 1 aromatic carbocycles. The van der Waals surface area contributed by atoms with Crippen LogP contribution >= 0.6 is 15.9 Å². The third kappa shape index (κ3) is 2.24. The van der Waals surface area contributed by atoms with Gasteiger partial charge >= 0.3 is 0 Å². The lowest BCUT2D eigenvalue weighted by atomic mass is 10.2. The van der Waals surface area contributed by atoms with Crippen molar-refractivity contribution in [1.82, 2.24) is 10.2 Å². The number of amides is 1. The molecule has 0 unspecified atom stereocenters. The Balaban J connectivity index is 2.29. The summed E-state index contributed by atoms with van der Waals surface area (Å²) in [6.07, 6.45) is 1.27. The highest BCUT2D eigenvalue weighted by atomic mass is 79.9. The second kappa shape index (κ2) is 4.98. The van der Waals surface area contributed by atoms with Crippen LogP contribution in [-0.2, 0) is 0 Å². The normalized spacial score (nSPS) is 9.83. The van der Waals surface area contributed by atoms with Crippen molar-refractivity contribution in [2.45, 2.75) is 0 Å². The van der Waals surface area contributed by atoms with Gasteiger partial charge in [-0.25, -0.2) is 4.39 Å². The number of hydrogen-bond acceptors (Lipinski definition) is 3. The topological polar surface area (TPSA) is 81.6 Å².